The van der Waals surface area contributed by atoms with Gasteiger partial charge in [0.1, 0.15) is 0 Å². The Balaban J connectivity index is 1.88. The fraction of sp³-hybridized carbons (Fsp3) is 0.929. The summed E-state index contributed by atoms with van der Waals surface area (Å²) < 4.78 is 0. The van der Waals surface area contributed by atoms with Gasteiger partial charge in [0.15, 0.2) is 0 Å². The van der Waals surface area contributed by atoms with Gasteiger partial charge in [0, 0.05) is 32.1 Å². The van der Waals surface area contributed by atoms with E-state index in [-0.39, 0.29) is 11.3 Å². The summed E-state index contributed by atoms with van der Waals surface area (Å²) in [6, 6.07) is 0.609. The number of amides is 1. The molecule has 0 radical (unpaired) electrons. The number of carbonyl (C=O) groups excluding carboxylic acids is 1. The van der Waals surface area contributed by atoms with Crippen molar-refractivity contribution in [1.82, 2.24) is 9.80 Å². The molecule has 0 aliphatic carbocycles. The lowest BCUT2D eigenvalue weighted by Gasteiger charge is -2.44. The van der Waals surface area contributed by atoms with Crippen molar-refractivity contribution < 1.29 is 4.79 Å². The standard InChI is InChI=1S/C14H27N3O/c1-14(2,11-15)9-13(18)17-8-7-16-6-4-3-5-12(16)10-17/h12H,3-11,15H2,1-2H3. The van der Waals surface area contributed by atoms with Crippen LogP contribution in [0.1, 0.15) is 39.5 Å². The Labute approximate surface area is 110 Å². The summed E-state index contributed by atoms with van der Waals surface area (Å²) in [7, 11) is 0. The van der Waals surface area contributed by atoms with Crippen LogP contribution in [-0.4, -0.2) is 54.5 Å². The largest absolute Gasteiger partial charge is 0.340 e. The molecule has 0 aromatic heterocycles. The smallest absolute Gasteiger partial charge is 0.223 e. The molecule has 2 heterocycles. The number of nitrogens with two attached hydrogens (primary N) is 1. The van der Waals surface area contributed by atoms with Gasteiger partial charge < -0.3 is 10.6 Å². The fourth-order valence-corrected chi connectivity index (χ4v) is 2.98. The molecular formula is C14H27N3O. The number of nitrogens with zero attached hydrogens (tertiary/aromatic N) is 2. The van der Waals surface area contributed by atoms with E-state index in [0.29, 0.717) is 19.0 Å². The summed E-state index contributed by atoms with van der Waals surface area (Å²) in [4.78, 5) is 16.9. The van der Waals surface area contributed by atoms with Gasteiger partial charge in [0.2, 0.25) is 5.91 Å². The summed E-state index contributed by atoms with van der Waals surface area (Å²) in [6.45, 7) is 8.82. The Morgan fingerprint density at radius 3 is 2.78 bits per heavy atom. The molecule has 0 aromatic carbocycles. The second-order valence-electron chi connectivity index (χ2n) is 6.57. The number of carbonyl (C=O) groups is 1. The molecule has 0 saturated carbocycles. The molecule has 2 fully saturated rings. The predicted octanol–water partition coefficient (Wildman–Crippen LogP) is 1.06. The molecule has 0 spiro atoms. The van der Waals surface area contributed by atoms with Gasteiger partial charge in [-0.2, -0.15) is 0 Å². The quantitative estimate of drug-likeness (QED) is 0.818. The van der Waals surface area contributed by atoms with Crippen molar-refractivity contribution in [1.29, 1.82) is 0 Å². The molecule has 104 valence electrons. The van der Waals surface area contributed by atoms with Gasteiger partial charge in [-0.1, -0.05) is 20.3 Å². The van der Waals surface area contributed by atoms with E-state index < -0.39 is 0 Å². The molecule has 4 heteroatoms. The van der Waals surface area contributed by atoms with E-state index in [1.807, 2.05) is 0 Å². The van der Waals surface area contributed by atoms with Crippen LogP contribution < -0.4 is 5.73 Å². The lowest BCUT2D eigenvalue weighted by Crippen LogP contribution is -2.56. The number of fused-ring (bicyclic) bond motifs is 1. The van der Waals surface area contributed by atoms with E-state index >= 15 is 0 Å². The summed E-state index contributed by atoms with van der Waals surface area (Å²) in [5.41, 5.74) is 5.64. The van der Waals surface area contributed by atoms with Crippen LogP contribution in [0.3, 0.4) is 0 Å². The van der Waals surface area contributed by atoms with E-state index in [1.165, 1.54) is 25.8 Å². The molecule has 2 N–H and O–H groups in total. The van der Waals surface area contributed by atoms with Crippen LogP contribution in [0, 0.1) is 5.41 Å². The molecule has 1 unspecified atom stereocenters. The van der Waals surface area contributed by atoms with Gasteiger partial charge in [0.25, 0.3) is 0 Å². The number of hydrogen-bond donors (Lipinski definition) is 1. The topological polar surface area (TPSA) is 49.6 Å². The molecular weight excluding hydrogens is 226 g/mol. The molecule has 2 aliphatic heterocycles. The van der Waals surface area contributed by atoms with Crippen molar-refractivity contribution in [3.63, 3.8) is 0 Å². The summed E-state index contributed by atoms with van der Waals surface area (Å²) >= 11 is 0. The van der Waals surface area contributed by atoms with Crippen molar-refractivity contribution in [2.45, 2.75) is 45.6 Å². The van der Waals surface area contributed by atoms with Gasteiger partial charge in [-0.05, 0) is 31.3 Å². The zero-order chi connectivity index (χ0) is 13.2. The molecule has 2 saturated heterocycles. The second kappa shape index (κ2) is 5.57. The minimum Gasteiger partial charge on any atom is -0.340 e. The highest BCUT2D eigenvalue weighted by molar-refractivity contribution is 5.77. The lowest BCUT2D eigenvalue weighted by molar-refractivity contribution is -0.136. The van der Waals surface area contributed by atoms with Crippen LogP contribution in [0.25, 0.3) is 0 Å². The molecule has 18 heavy (non-hydrogen) atoms. The Morgan fingerprint density at radius 1 is 1.28 bits per heavy atom. The van der Waals surface area contributed by atoms with Crippen molar-refractivity contribution in [2.75, 3.05) is 32.7 Å². The monoisotopic (exact) mass is 253 g/mol. The van der Waals surface area contributed by atoms with Gasteiger partial charge in [-0.25, -0.2) is 0 Å². The Bertz CT molecular complexity index is 303. The van der Waals surface area contributed by atoms with Crippen molar-refractivity contribution in [3.8, 4) is 0 Å². The first-order valence-electron chi connectivity index (χ1n) is 7.24. The zero-order valence-corrected chi connectivity index (χ0v) is 11.8. The van der Waals surface area contributed by atoms with E-state index in [1.54, 1.807) is 0 Å². The van der Waals surface area contributed by atoms with Crippen LogP contribution in [0.15, 0.2) is 0 Å². The average molecular weight is 253 g/mol. The van der Waals surface area contributed by atoms with Crippen LogP contribution in [0.4, 0.5) is 0 Å². The van der Waals surface area contributed by atoms with Crippen LogP contribution in [0.2, 0.25) is 0 Å². The predicted molar refractivity (Wildman–Crippen MR) is 73.2 cm³/mol. The van der Waals surface area contributed by atoms with Crippen LogP contribution in [-0.2, 0) is 4.79 Å². The first-order chi connectivity index (χ1) is 8.52. The van der Waals surface area contributed by atoms with E-state index in [0.717, 1.165) is 19.6 Å². The van der Waals surface area contributed by atoms with Crippen LogP contribution >= 0.6 is 0 Å². The third-order valence-corrected chi connectivity index (χ3v) is 4.37. The molecule has 2 aliphatic rings. The molecule has 0 bridgehead atoms. The van der Waals surface area contributed by atoms with Gasteiger partial charge in [0.05, 0.1) is 0 Å². The first kappa shape index (κ1) is 13.8. The number of piperazine rings is 1. The van der Waals surface area contributed by atoms with E-state index in [9.17, 15) is 4.79 Å². The molecule has 1 atom stereocenters. The minimum atomic E-state index is -0.0687. The highest BCUT2D eigenvalue weighted by Crippen LogP contribution is 2.24. The zero-order valence-electron chi connectivity index (χ0n) is 11.8. The summed E-state index contributed by atoms with van der Waals surface area (Å²) in [5, 5.41) is 0. The molecule has 1 amide bonds. The third kappa shape index (κ3) is 3.23. The van der Waals surface area contributed by atoms with E-state index in [2.05, 4.69) is 23.6 Å². The summed E-state index contributed by atoms with van der Waals surface area (Å²) in [5.74, 6) is 0.288. The van der Waals surface area contributed by atoms with Crippen molar-refractivity contribution >= 4 is 5.91 Å². The third-order valence-electron chi connectivity index (χ3n) is 4.37. The van der Waals surface area contributed by atoms with Gasteiger partial charge in [-0.3, -0.25) is 9.69 Å². The minimum absolute atomic E-state index is 0.0687. The second-order valence-corrected chi connectivity index (χ2v) is 6.57. The van der Waals surface area contributed by atoms with Gasteiger partial charge >= 0.3 is 0 Å². The number of hydrogen-bond acceptors (Lipinski definition) is 3. The number of piperidine rings is 1. The summed E-state index contributed by atoms with van der Waals surface area (Å²) in [6.07, 6.45) is 4.47. The highest BCUT2D eigenvalue weighted by atomic mass is 16.2. The normalized spacial score (nSPS) is 25.9. The molecule has 0 aromatic rings. The van der Waals surface area contributed by atoms with Crippen LogP contribution in [0.5, 0.6) is 0 Å². The Kier molecular flexibility index (Phi) is 4.28. The molecule has 2 rings (SSSR count). The maximum Gasteiger partial charge on any atom is 0.223 e. The SMILES string of the molecule is CC(C)(CN)CC(=O)N1CCN2CCCCC2C1. The number of rotatable bonds is 3. The first-order valence-corrected chi connectivity index (χ1v) is 7.24. The fourth-order valence-electron chi connectivity index (χ4n) is 2.98. The van der Waals surface area contributed by atoms with Crippen molar-refractivity contribution in [2.24, 2.45) is 11.1 Å². The van der Waals surface area contributed by atoms with E-state index in [4.69, 9.17) is 5.73 Å². The maximum absolute atomic E-state index is 12.3. The Hall–Kier alpha value is -0.610. The van der Waals surface area contributed by atoms with Gasteiger partial charge in [-0.15, -0.1) is 0 Å². The Morgan fingerprint density at radius 2 is 2.06 bits per heavy atom. The maximum atomic E-state index is 12.3. The average Bonchev–Trinajstić information content (AvgIpc) is 2.37. The lowest BCUT2D eigenvalue weighted by atomic mass is 9.88. The highest BCUT2D eigenvalue weighted by Gasteiger charge is 2.32. The van der Waals surface area contributed by atoms with Crippen molar-refractivity contribution in [3.05, 3.63) is 0 Å². The molecule has 4 nitrogen and oxygen atoms in total.